The maximum atomic E-state index is 12.1. The van der Waals surface area contributed by atoms with Gasteiger partial charge in [0.2, 0.25) is 5.91 Å². The van der Waals surface area contributed by atoms with Crippen LogP contribution in [0.3, 0.4) is 0 Å². The molecule has 2 aromatic carbocycles. The van der Waals surface area contributed by atoms with E-state index in [9.17, 15) is 9.59 Å². The molecule has 0 saturated carbocycles. The van der Waals surface area contributed by atoms with Gasteiger partial charge in [-0.3, -0.25) is 9.59 Å². The molecule has 1 heterocycles. The number of benzene rings is 2. The smallest absolute Gasteiger partial charge is 0.262 e. The summed E-state index contributed by atoms with van der Waals surface area (Å²) in [6.45, 7) is 0.0370. The summed E-state index contributed by atoms with van der Waals surface area (Å²) in [6.07, 6.45) is 0.907. The highest BCUT2D eigenvalue weighted by atomic mass is 16.5. The lowest BCUT2D eigenvalue weighted by molar-refractivity contribution is -0.118. The first-order chi connectivity index (χ1) is 11.6. The summed E-state index contributed by atoms with van der Waals surface area (Å²) in [4.78, 5) is 23.4. The van der Waals surface area contributed by atoms with Crippen molar-refractivity contribution in [3.63, 3.8) is 0 Å². The Hall–Kier alpha value is -3.02. The van der Waals surface area contributed by atoms with Crippen LogP contribution in [0.4, 0.5) is 11.4 Å². The molecule has 124 valence electrons. The molecule has 0 atom stereocenters. The number of ether oxygens (including phenoxy) is 2. The van der Waals surface area contributed by atoms with E-state index in [2.05, 4.69) is 10.6 Å². The summed E-state index contributed by atoms with van der Waals surface area (Å²) in [5, 5.41) is 5.60. The zero-order valence-electron chi connectivity index (χ0n) is 13.3. The zero-order valence-corrected chi connectivity index (χ0v) is 13.3. The first-order valence-corrected chi connectivity index (χ1v) is 7.63. The van der Waals surface area contributed by atoms with Gasteiger partial charge in [-0.25, -0.2) is 0 Å². The minimum atomic E-state index is -0.171. The predicted molar refractivity (Wildman–Crippen MR) is 90.5 cm³/mol. The van der Waals surface area contributed by atoms with Gasteiger partial charge in [-0.1, -0.05) is 12.1 Å². The Morgan fingerprint density at radius 3 is 3.00 bits per heavy atom. The number of methoxy groups -OCH3 is 1. The molecule has 0 spiro atoms. The highest BCUT2D eigenvalue weighted by Gasteiger charge is 2.16. The lowest BCUT2D eigenvalue weighted by Crippen LogP contribution is -2.25. The van der Waals surface area contributed by atoms with Gasteiger partial charge in [0, 0.05) is 18.2 Å². The highest BCUT2D eigenvalue weighted by molar-refractivity contribution is 5.95. The molecule has 2 aromatic rings. The van der Waals surface area contributed by atoms with Gasteiger partial charge in [-0.15, -0.1) is 0 Å². The quantitative estimate of drug-likeness (QED) is 0.885. The van der Waals surface area contributed by atoms with E-state index in [1.54, 1.807) is 13.2 Å². The molecule has 24 heavy (non-hydrogen) atoms. The number of nitrogens with one attached hydrogen (secondary N) is 2. The molecule has 6 nitrogen and oxygen atoms in total. The Morgan fingerprint density at radius 2 is 2.17 bits per heavy atom. The second-order valence-corrected chi connectivity index (χ2v) is 5.45. The monoisotopic (exact) mass is 326 g/mol. The average Bonchev–Trinajstić information content (AvgIpc) is 2.59. The first kappa shape index (κ1) is 15.9. The van der Waals surface area contributed by atoms with Crippen LogP contribution in [0.5, 0.6) is 11.5 Å². The summed E-state index contributed by atoms with van der Waals surface area (Å²) in [7, 11) is 1.58. The fourth-order valence-electron chi connectivity index (χ4n) is 2.47. The maximum Gasteiger partial charge on any atom is 0.262 e. The van der Waals surface area contributed by atoms with E-state index in [0.717, 1.165) is 5.56 Å². The summed E-state index contributed by atoms with van der Waals surface area (Å²) in [5.41, 5.74) is 2.31. The number of aryl methyl sites for hydroxylation is 1. The number of carbonyl (C=O) groups excluding carboxylic acids is 2. The third-order valence-corrected chi connectivity index (χ3v) is 3.67. The molecule has 0 saturated heterocycles. The van der Waals surface area contributed by atoms with Crippen molar-refractivity contribution < 1.29 is 19.1 Å². The highest BCUT2D eigenvalue weighted by Crippen LogP contribution is 2.28. The van der Waals surface area contributed by atoms with E-state index >= 15 is 0 Å². The van der Waals surface area contributed by atoms with Gasteiger partial charge < -0.3 is 20.1 Å². The summed E-state index contributed by atoms with van der Waals surface area (Å²) in [6, 6.07) is 12.8. The van der Waals surface area contributed by atoms with E-state index in [-0.39, 0.29) is 18.4 Å². The molecule has 0 bridgehead atoms. The standard InChI is InChI=1S/C18H18N2O4/c1-23-14-4-2-3-13(10-14)19-17(21)8-6-12-5-7-16-15(9-12)20-18(22)11-24-16/h2-5,7,9-10H,6,8,11H2,1H3,(H,19,21)(H,20,22). The minimum absolute atomic E-state index is 0.0370. The Kier molecular flexibility index (Phi) is 4.65. The van der Waals surface area contributed by atoms with Gasteiger partial charge in [0.05, 0.1) is 12.8 Å². The number of hydrogen-bond acceptors (Lipinski definition) is 4. The van der Waals surface area contributed by atoms with Crippen molar-refractivity contribution in [1.82, 2.24) is 0 Å². The normalized spacial score (nSPS) is 12.6. The Morgan fingerprint density at radius 1 is 1.29 bits per heavy atom. The van der Waals surface area contributed by atoms with E-state index < -0.39 is 0 Å². The van der Waals surface area contributed by atoms with Crippen LogP contribution in [0, 0.1) is 0 Å². The molecular formula is C18H18N2O4. The Labute approximate surface area is 139 Å². The number of fused-ring (bicyclic) bond motifs is 1. The van der Waals surface area contributed by atoms with Crippen molar-refractivity contribution in [2.75, 3.05) is 24.4 Å². The van der Waals surface area contributed by atoms with Gasteiger partial charge in [-0.2, -0.15) is 0 Å². The fraction of sp³-hybridized carbons (Fsp3) is 0.222. The van der Waals surface area contributed by atoms with Crippen molar-refractivity contribution in [3.05, 3.63) is 48.0 Å². The van der Waals surface area contributed by atoms with Crippen LogP contribution in [0.25, 0.3) is 0 Å². The molecule has 2 amide bonds. The zero-order chi connectivity index (χ0) is 16.9. The van der Waals surface area contributed by atoms with E-state index in [0.29, 0.717) is 35.7 Å². The molecule has 6 heteroatoms. The van der Waals surface area contributed by atoms with Crippen molar-refractivity contribution in [2.45, 2.75) is 12.8 Å². The number of anilines is 2. The fourth-order valence-corrected chi connectivity index (χ4v) is 2.47. The number of carbonyl (C=O) groups is 2. The Bertz CT molecular complexity index is 773. The lowest BCUT2D eigenvalue weighted by atomic mass is 10.1. The van der Waals surface area contributed by atoms with Crippen LogP contribution in [-0.4, -0.2) is 25.5 Å². The van der Waals surface area contributed by atoms with E-state index in [4.69, 9.17) is 9.47 Å². The van der Waals surface area contributed by atoms with Gasteiger partial charge >= 0.3 is 0 Å². The third kappa shape index (κ3) is 3.84. The molecule has 0 unspecified atom stereocenters. The number of rotatable bonds is 5. The average molecular weight is 326 g/mol. The van der Waals surface area contributed by atoms with E-state index in [1.807, 2.05) is 36.4 Å². The van der Waals surface area contributed by atoms with Crippen LogP contribution in [0.2, 0.25) is 0 Å². The molecule has 0 fully saturated rings. The van der Waals surface area contributed by atoms with Crippen molar-refractivity contribution in [2.24, 2.45) is 0 Å². The first-order valence-electron chi connectivity index (χ1n) is 7.63. The van der Waals surface area contributed by atoms with Crippen LogP contribution < -0.4 is 20.1 Å². The largest absolute Gasteiger partial charge is 0.497 e. The molecule has 2 N–H and O–H groups in total. The van der Waals surface area contributed by atoms with Crippen LogP contribution in [0.1, 0.15) is 12.0 Å². The predicted octanol–water partition coefficient (Wildman–Crippen LogP) is 2.60. The van der Waals surface area contributed by atoms with Crippen molar-refractivity contribution >= 4 is 23.2 Å². The third-order valence-electron chi connectivity index (χ3n) is 3.67. The molecular weight excluding hydrogens is 308 g/mol. The van der Waals surface area contributed by atoms with Gasteiger partial charge in [0.25, 0.3) is 5.91 Å². The van der Waals surface area contributed by atoms with Crippen LogP contribution in [-0.2, 0) is 16.0 Å². The molecule has 0 aliphatic carbocycles. The molecule has 0 radical (unpaired) electrons. The summed E-state index contributed by atoms with van der Waals surface area (Å²) in [5.74, 6) is 1.09. The van der Waals surface area contributed by atoms with Crippen LogP contribution in [0.15, 0.2) is 42.5 Å². The van der Waals surface area contributed by atoms with Crippen LogP contribution >= 0.6 is 0 Å². The topological polar surface area (TPSA) is 76.7 Å². The lowest BCUT2D eigenvalue weighted by Gasteiger charge is -2.18. The molecule has 1 aliphatic heterocycles. The summed E-state index contributed by atoms with van der Waals surface area (Å²) >= 11 is 0. The molecule has 0 aromatic heterocycles. The Balaban J connectivity index is 1.58. The van der Waals surface area contributed by atoms with Crippen molar-refractivity contribution in [3.8, 4) is 11.5 Å². The maximum absolute atomic E-state index is 12.1. The summed E-state index contributed by atoms with van der Waals surface area (Å²) < 4.78 is 10.4. The van der Waals surface area contributed by atoms with Gasteiger partial charge in [-0.05, 0) is 36.2 Å². The minimum Gasteiger partial charge on any atom is -0.497 e. The second-order valence-electron chi connectivity index (χ2n) is 5.45. The second kappa shape index (κ2) is 7.04. The van der Waals surface area contributed by atoms with E-state index in [1.165, 1.54) is 0 Å². The van der Waals surface area contributed by atoms with Gasteiger partial charge in [0.1, 0.15) is 11.5 Å². The van der Waals surface area contributed by atoms with Gasteiger partial charge in [0.15, 0.2) is 6.61 Å². The van der Waals surface area contributed by atoms with Crippen molar-refractivity contribution in [1.29, 1.82) is 0 Å². The SMILES string of the molecule is COc1cccc(NC(=O)CCc2ccc3c(c2)NC(=O)CO3)c1. The number of hydrogen-bond donors (Lipinski definition) is 2. The molecule has 3 rings (SSSR count). The molecule has 1 aliphatic rings. The number of amides is 2.